The lowest BCUT2D eigenvalue weighted by molar-refractivity contribution is -0.493. The second kappa shape index (κ2) is 7.28. The maximum atomic E-state index is 4.77. The van der Waals surface area contributed by atoms with Crippen molar-refractivity contribution in [3.63, 3.8) is 0 Å². The molecule has 0 unspecified atom stereocenters. The van der Waals surface area contributed by atoms with E-state index in [0.717, 1.165) is 29.0 Å². The van der Waals surface area contributed by atoms with Crippen molar-refractivity contribution in [2.45, 2.75) is 27.7 Å². The molecule has 0 aliphatic rings. The first-order valence-electron chi connectivity index (χ1n) is 7.79. The lowest BCUT2D eigenvalue weighted by atomic mass is 10.1. The van der Waals surface area contributed by atoms with Gasteiger partial charge in [-0.25, -0.2) is 9.98 Å². The molecule has 5 heteroatoms. The predicted molar refractivity (Wildman–Crippen MR) is 95.4 cm³/mol. The fourth-order valence-corrected chi connectivity index (χ4v) is 3.75. The highest BCUT2D eigenvalue weighted by Crippen LogP contribution is 2.28. The molecule has 1 heterocycles. The summed E-state index contributed by atoms with van der Waals surface area (Å²) < 4.78 is 2.38. The molecule has 0 saturated carbocycles. The Morgan fingerprint density at radius 2 is 1.83 bits per heavy atom. The van der Waals surface area contributed by atoms with Crippen LogP contribution < -0.4 is 27.4 Å². The Bertz CT molecular complexity index is 915. The molecule has 3 aromatic rings. The number of benzene rings is 2. The summed E-state index contributed by atoms with van der Waals surface area (Å²) in [5.74, 6) is 0. The molecule has 0 spiro atoms. The zero-order chi connectivity index (χ0) is 15.7. The lowest BCUT2D eigenvalue weighted by Crippen LogP contribution is -3.00. The number of anilines is 1. The van der Waals surface area contributed by atoms with Crippen molar-refractivity contribution < 1.29 is 17.4 Å². The number of fused-ring (bicyclic) bond motifs is 2. The molecule has 2 aromatic carbocycles. The first-order valence-corrected chi connectivity index (χ1v) is 8.60. The van der Waals surface area contributed by atoms with Gasteiger partial charge in [0.05, 0.1) is 10.2 Å². The summed E-state index contributed by atoms with van der Waals surface area (Å²) in [5, 5.41) is 5.95. The predicted octanol–water partition coefficient (Wildman–Crippen LogP) is -0.497. The number of hydrogen-bond acceptors (Lipinski definition) is 3. The van der Waals surface area contributed by atoms with Crippen molar-refractivity contribution in [2.75, 3.05) is 18.4 Å². The monoisotopic (exact) mass is 347 g/mol. The van der Waals surface area contributed by atoms with Gasteiger partial charge in [0.1, 0.15) is 12.2 Å². The minimum absolute atomic E-state index is 0. The summed E-state index contributed by atoms with van der Waals surface area (Å²) in [5.41, 5.74) is 4.64. The fraction of sp³-hybridized carbons (Fsp3) is 0.333. The minimum atomic E-state index is 0. The molecule has 0 atom stereocenters. The summed E-state index contributed by atoms with van der Waals surface area (Å²) in [6.07, 6.45) is 0. The first kappa shape index (κ1) is 17.7. The second-order valence-electron chi connectivity index (χ2n) is 5.52. The van der Waals surface area contributed by atoms with Gasteiger partial charge in [0.15, 0.2) is 0 Å². The van der Waals surface area contributed by atoms with E-state index < -0.39 is 0 Å². The highest BCUT2D eigenvalue weighted by molar-refractivity contribution is 7.16. The van der Waals surface area contributed by atoms with Crippen LogP contribution in [0.2, 0.25) is 0 Å². The molecule has 3 rings (SSSR count). The van der Waals surface area contributed by atoms with Gasteiger partial charge in [0.2, 0.25) is 0 Å². The molecule has 0 aliphatic heterocycles. The summed E-state index contributed by atoms with van der Waals surface area (Å²) >= 11 is 1.78. The van der Waals surface area contributed by atoms with E-state index in [1.165, 1.54) is 26.7 Å². The van der Waals surface area contributed by atoms with Gasteiger partial charge in [-0.05, 0) is 68.3 Å². The van der Waals surface area contributed by atoms with Crippen molar-refractivity contribution in [1.29, 1.82) is 0 Å². The van der Waals surface area contributed by atoms with Crippen molar-refractivity contribution in [1.82, 2.24) is 4.98 Å². The van der Waals surface area contributed by atoms with Gasteiger partial charge in [-0.15, -0.1) is 0 Å². The van der Waals surface area contributed by atoms with E-state index in [2.05, 4.69) is 62.3 Å². The molecular formula is C18H22ClN3S. The van der Waals surface area contributed by atoms with E-state index in [4.69, 9.17) is 4.98 Å². The smallest absolute Gasteiger partial charge is 0.276 e. The molecule has 2 N–H and O–H groups in total. The Labute approximate surface area is 146 Å². The topological polar surface area (TPSA) is 38.9 Å². The highest BCUT2D eigenvalue weighted by Gasteiger charge is 2.07. The van der Waals surface area contributed by atoms with E-state index >= 15 is 0 Å². The van der Waals surface area contributed by atoms with Crippen LogP contribution in [0.1, 0.15) is 25.1 Å². The van der Waals surface area contributed by atoms with Gasteiger partial charge in [-0.2, -0.15) is 0 Å². The normalized spacial score (nSPS) is 11.7. The minimum Gasteiger partial charge on any atom is -1.00 e. The number of rotatable bonds is 3. The van der Waals surface area contributed by atoms with Crippen LogP contribution >= 0.6 is 11.3 Å². The number of aryl methyl sites for hydroxylation is 2. The molecule has 0 saturated heterocycles. The average Bonchev–Trinajstić information content (AvgIpc) is 2.48. The van der Waals surface area contributed by atoms with Crippen LogP contribution in [0.5, 0.6) is 0 Å². The number of nitrogens with one attached hydrogen (secondary N) is 2. The van der Waals surface area contributed by atoms with Crippen LogP contribution in [-0.2, 0) is 0 Å². The molecule has 1 aromatic heterocycles. The van der Waals surface area contributed by atoms with E-state index in [1.807, 2.05) is 0 Å². The number of halogens is 1. The zero-order valence-corrected chi connectivity index (χ0v) is 15.5. The van der Waals surface area contributed by atoms with Gasteiger partial charge in [-0.3, -0.25) is 0 Å². The Kier molecular flexibility index (Phi) is 5.60. The van der Waals surface area contributed by atoms with Crippen molar-refractivity contribution >= 4 is 38.0 Å². The molecule has 0 bridgehead atoms. The van der Waals surface area contributed by atoms with Crippen molar-refractivity contribution in [2.24, 2.45) is 0 Å². The Balaban J connectivity index is 0.00000192. The van der Waals surface area contributed by atoms with Crippen LogP contribution in [0.15, 0.2) is 24.3 Å². The van der Waals surface area contributed by atoms with E-state index in [9.17, 15) is 0 Å². The largest absolute Gasteiger partial charge is 1.00 e. The molecule has 0 amide bonds. The third-order valence-corrected chi connectivity index (χ3v) is 4.99. The maximum Gasteiger partial charge on any atom is 0.276 e. The van der Waals surface area contributed by atoms with Gasteiger partial charge >= 0.3 is 0 Å². The third kappa shape index (κ3) is 3.48. The summed E-state index contributed by atoms with van der Waals surface area (Å²) in [6.45, 7) is 10.3. The quantitative estimate of drug-likeness (QED) is 0.627. The Morgan fingerprint density at radius 3 is 2.52 bits per heavy atom. The lowest BCUT2D eigenvalue weighted by Gasteiger charge is -2.10. The fourth-order valence-electron chi connectivity index (χ4n) is 2.72. The zero-order valence-electron chi connectivity index (χ0n) is 14.0. The Hall–Kier alpha value is -1.65. The first-order chi connectivity index (χ1) is 10.6. The number of nitrogens with zero attached hydrogens (tertiary/aromatic N) is 1. The SMILES string of the molecule is CCNc1cc2cc3sc(=[NH+]CC)c(C)nc3cc2cc1C.[Cl-]. The molecule has 0 radical (unpaired) electrons. The van der Waals surface area contributed by atoms with Crippen molar-refractivity contribution in [3.05, 3.63) is 40.2 Å². The van der Waals surface area contributed by atoms with Gasteiger partial charge in [0.25, 0.3) is 4.67 Å². The van der Waals surface area contributed by atoms with E-state index in [0.29, 0.717) is 0 Å². The average molecular weight is 348 g/mol. The molecule has 0 fully saturated rings. The van der Waals surface area contributed by atoms with Crippen LogP contribution in [0.25, 0.3) is 21.0 Å². The maximum absolute atomic E-state index is 4.77. The second-order valence-corrected chi connectivity index (χ2v) is 6.58. The third-order valence-electron chi connectivity index (χ3n) is 3.79. The molecule has 0 aliphatic carbocycles. The number of hydrogen-bond donors (Lipinski definition) is 2. The van der Waals surface area contributed by atoms with Crippen LogP contribution in [0, 0.1) is 13.8 Å². The van der Waals surface area contributed by atoms with E-state index in [-0.39, 0.29) is 12.4 Å². The van der Waals surface area contributed by atoms with E-state index in [1.54, 1.807) is 11.3 Å². The summed E-state index contributed by atoms with van der Waals surface area (Å²) in [6, 6.07) is 8.94. The van der Waals surface area contributed by atoms with Gasteiger partial charge < -0.3 is 17.7 Å². The Morgan fingerprint density at radius 1 is 1.09 bits per heavy atom. The van der Waals surface area contributed by atoms with Crippen molar-refractivity contribution in [3.8, 4) is 0 Å². The highest BCUT2D eigenvalue weighted by atomic mass is 35.5. The summed E-state index contributed by atoms with van der Waals surface area (Å²) in [4.78, 5) is 8.17. The molecule has 23 heavy (non-hydrogen) atoms. The van der Waals surface area contributed by atoms with Gasteiger partial charge in [-0.1, -0.05) is 11.3 Å². The standard InChI is InChI=1S/C18H21N3S.ClH/c1-5-19-15-8-14-10-17-16(9-13(14)7-11(15)3)21-12(4)18(22-17)20-6-2;/h7-10,19H,5-6H2,1-4H3;1H. The van der Waals surface area contributed by atoms with Crippen LogP contribution in [0.4, 0.5) is 5.69 Å². The van der Waals surface area contributed by atoms with Crippen LogP contribution in [-0.4, -0.2) is 18.1 Å². The molecule has 3 nitrogen and oxygen atoms in total. The van der Waals surface area contributed by atoms with Crippen LogP contribution in [0.3, 0.4) is 0 Å². The number of aromatic nitrogens is 1. The summed E-state index contributed by atoms with van der Waals surface area (Å²) in [7, 11) is 0. The van der Waals surface area contributed by atoms with Gasteiger partial charge in [0, 0.05) is 12.2 Å². The molecule has 122 valence electrons. The molecular weight excluding hydrogens is 326 g/mol.